The largest absolute Gasteiger partial charge is 0.305 e. The van der Waals surface area contributed by atoms with Crippen molar-refractivity contribution in [3.05, 3.63) is 71.2 Å². The van der Waals surface area contributed by atoms with Crippen molar-refractivity contribution in [2.75, 3.05) is 5.32 Å². The van der Waals surface area contributed by atoms with E-state index in [4.69, 9.17) is 10.4 Å². The van der Waals surface area contributed by atoms with Gasteiger partial charge in [0, 0.05) is 12.0 Å². The Labute approximate surface area is 163 Å². The molecule has 1 aromatic carbocycles. The van der Waals surface area contributed by atoms with Gasteiger partial charge in [0.05, 0.1) is 22.6 Å². The average Bonchev–Trinajstić information content (AvgIpc) is 3.38. The smallest absolute Gasteiger partial charge is 0.275 e. The Bertz CT molecular complexity index is 1040. The molecule has 0 aliphatic heterocycles. The van der Waals surface area contributed by atoms with E-state index in [9.17, 15) is 4.79 Å². The maximum absolute atomic E-state index is 12.8. The average molecular weight is 371 g/mol. The molecule has 6 heteroatoms. The molecule has 4 rings (SSSR count). The van der Waals surface area contributed by atoms with Crippen LogP contribution >= 0.6 is 0 Å². The van der Waals surface area contributed by atoms with Gasteiger partial charge in [0.15, 0.2) is 0 Å². The summed E-state index contributed by atoms with van der Waals surface area (Å²) in [5.41, 5.74) is 3.19. The summed E-state index contributed by atoms with van der Waals surface area (Å²) in [4.78, 5) is 17.0. The van der Waals surface area contributed by atoms with E-state index in [-0.39, 0.29) is 11.6 Å². The molecule has 1 aliphatic carbocycles. The van der Waals surface area contributed by atoms with Crippen LogP contribution in [0.5, 0.6) is 0 Å². The van der Waals surface area contributed by atoms with Gasteiger partial charge in [-0.3, -0.25) is 4.79 Å². The van der Waals surface area contributed by atoms with Crippen LogP contribution in [0.1, 0.15) is 59.0 Å². The zero-order chi connectivity index (χ0) is 19.5. The lowest BCUT2D eigenvalue weighted by Crippen LogP contribution is -2.17. The molecular formula is C22H21N5O. The van der Waals surface area contributed by atoms with Crippen LogP contribution in [0.2, 0.25) is 0 Å². The second kappa shape index (κ2) is 7.65. The second-order valence-corrected chi connectivity index (χ2v) is 7.08. The zero-order valence-electron chi connectivity index (χ0n) is 15.7. The van der Waals surface area contributed by atoms with Gasteiger partial charge in [0.25, 0.3) is 5.91 Å². The Hall–Kier alpha value is -3.46. The third kappa shape index (κ3) is 3.52. The highest BCUT2D eigenvalue weighted by atomic mass is 16.2. The highest BCUT2D eigenvalue weighted by molar-refractivity contribution is 6.02. The van der Waals surface area contributed by atoms with E-state index >= 15 is 0 Å². The van der Waals surface area contributed by atoms with Crippen LogP contribution in [-0.4, -0.2) is 20.7 Å². The van der Waals surface area contributed by atoms with Crippen molar-refractivity contribution in [1.29, 1.82) is 5.26 Å². The van der Waals surface area contributed by atoms with Crippen molar-refractivity contribution < 1.29 is 4.79 Å². The minimum atomic E-state index is -0.317. The Morgan fingerprint density at radius 1 is 1.18 bits per heavy atom. The summed E-state index contributed by atoms with van der Waals surface area (Å²) < 4.78 is 1.78. The summed E-state index contributed by atoms with van der Waals surface area (Å²) in [6, 6.07) is 17.0. The molecule has 0 spiro atoms. The summed E-state index contributed by atoms with van der Waals surface area (Å²) >= 11 is 0. The first-order valence-electron chi connectivity index (χ1n) is 9.50. The number of benzene rings is 1. The van der Waals surface area contributed by atoms with Crippen LogP contribution in [0, 0.1) is 18.3 Å². The van der Waals surface area contributed by atoms with E-state index < -0.39 is 0 Å². The predicted octanol–water partition coefficient (Wildman–Crippen LogP) is 4.36. The third-order valence-corrected chi connectivity index (χ3v) is 5.18. The van der Waals surface area contributed by atoms with Gasteiger partial charge in [-0.25, -0.2) is 9.67 Å². The van der Waals surface area contributed by atoms with Gasteiger partial charge in [0.2, 0.25) is 0 Å². The molecule has 1 saturated carbocycles. The molecule has 0 saturated heterocycles. The van der Waals surface area contributed by atoms with Crippen molar-refractivity contribution in [3.8, 4) is 11.8 Å². The number of nitrogens with zero attached hydrogens (tertiary/aromatic N) is 4. The molecule has 0 atom stereocenters. The van der Waals surface area contributed by atoms with Crippen molar-refractivity contribution in [2.45, 2.75) is 38.5 Å². The number of nitrogens with one attached hydrogen (secondary N) is 1. The predicted molar refractivity (Wildman–Crippen MR) is 106 cm³/mol. The van der Waals surface area contributed by atoms with Crippen LogP contribution in [0.15, 0.2) is 48.5 Å². The Balaban J connectivity index is 1.67. The van der Waals surface area contributed by atoms with Crippen LogP contribution < -0.4 is 5.32 Å². The van der Waals surface area contributed by atoms with E-state index in [0.29, 0.717) is 23.0 Å². The Morgan fingerprint density at radius 3 is 2.61 bits per heavy atom. The normalized spacial score (nSPS) is 14.0. The fourth-order valence-electron chi connectivity index (χ4n) is 3.66. The van der Waals surface area contributed by atoms with Gasteiger partial charge in [-0.15, -0.1) is 0 Å². The monoisotopic (exact) mass is 371 g/mol. The summed E-state index contributed by atoms with van der Waals surface area (Å²) in [7, 11) is 0. The quantitative estimate of drug-likeness (QED) is 0.739. The lowest BCUT2D eigenvalue weighted by Gasteiger charge is -2.09. The molecular weight excluding hydrogens is 350 g/mol. The number of anilines is 1. The SMILES string of the molecule is Cc1nc(C(=O)Nc2cc(C3CCCC3)nn2-c2ccccc2)ccc1C#N. The van der Waals surface area contributed by atoms with E-state index in [1.165, 1.54) is 12.8 Å². The molecule has 140 valence electrons. The number of aryl methyl sites for hydroxylation is 1. The molecule has 1 N–H and O–H groups in total. The molecule has 0 radical (unpaired) electrons. The maximum atomic E-state index is 12.8. The fraction of sp³-hybridized carbons (Fsp3) is 0.273. The molecule has 2 aromatic heterocycles. The molecule has 1 aliphatic rings. The van der Waals surface area contributed by atoms with E-state index in [1.54, 1.807) is 23.7 Å². The fourth-order valence-corrected chi connectivity index (χ4v) is 3.66. The second-order valence-electron chi connectivity index (χ2n) is 7.08. The number of hydrogen-bond donors (Lipinski definition) is 1. The molecule has 0 bridgehead atoms. The van der Waals surface area contributed by atoms with Crippen molar-refractivity contribution in [1.82, 2.24) is 14.8 Å². The zero-order valence-corrected chi connectivity index (χ0v) is 15.7. The number of carbonyl (C=O) groups excluding carboxylic acids is 1. The molecule has 1 amide bonds. The topological polar surface area (TPSA) is 83.6 Å². The van der Waals surface area contributed by atoms with Crippen LogP contribution in [0.25, 0.3) is 5.69 Å². The first-order chi connectivity index (χ1) is 13.7. The third-order valence-electron chi connectivity index (χ3n) is 5.18. The minimum absolute atomic E-state index is 0.278. The number of rotatable bonds is 4. The van der Waals surface area contributed by atoms with Gasteiger partial charge >= 0.3 is 0 Å². The number of hydrogen-bond acceptors (Lipinski definition) is 4. The Kier molecular flexibility index (Phi) is 4.90. The minimum Gasteiger partial charge on any atom is -0.305 e. The van der Waals surface area contributed by atoms with Gasteiger partial charge in [-0.1, -0.05) is 31.0 Å². The van der Waals surface area contributed by atoms with E-state index in [0.717, 1.165) is 24.2 Å². The number of para-hydroxylation sites is 1. The lowest BCUT2D eigenvalue weighted by atomic mass is 10.0. The number of pyridine rings is 1. The standard InChI is InChI=1S/C22H21N5O/c1-15-17(14-23)11-12-19(24-15)22(28)25-21-13-20(16-7-5-6-8-16)26-27(21)18-9-3-2-4-10-18/h2-4,9-13,16H,5-8H2,1H3,(H,25,28). The number of carbonyl (C=O) groups is 1. The van der Waals surface area contributed by atoms with Gasteiger partial charge in [0.1, 0.15) is 17.6 Å². The van der Waals surface area contributed by atoms with E-state index in [1.807, 2.05) is 36.4 Å². The molecule has 6 nitrogen and oxygen atoms in total. The van der Waals surface area contributed by atoms with Crippen LogP contribution in [0.4, 0.5) is 5.82 Å². The van der Waals surface area contributed by atoms with Gasteiger partial charge < -0.3 is 5.32 Å². The van der Waals surface area contributed by atoms with Crippen LogP contribution in [-0.2, 0) is 0 Å². The first kappa shape index (κ1) is 17.9. The number of amides is 1. The summed E-state index contributed by atoms with van der Waals surface area (Å²) in [6.45, 7) is 1.72. The summed E-state index contributed by atoms with van der Waals surface area (Å²) in [5.74, 6) is 0.750. The van der Waals surface area contributed by atoms with Crippen molar-refractivity contribution >= 4 is 11.7 Å². The Morgan fingerprint density at radius 2 is 1.93 bits per heavy atom. The van der Waals surface area contributed by atoms with Crippen molar-refractivity contribution in [2.24, 2.45) is 0 Å². The van der Waals surface area contributed by atoms with Gasteiger partial charge in [-0.2, -0.15) is 10.4 Å². The van der Waals surface area contributed by atoms with E-state index in [2.05, 4.69) is 16.4 Å². The number of nitriles is 1. The molecule has 2 heterocycles. The maximum Gasteiger partial charge on any atom is 0.275 e. The molecule has 28 heavy (non-hydrogen) atoms. The van der Waals surface area contributed by atoms with Crippen molar-refractivity contribution in [3.63, 3.8) is 0 Å². The molecule has 3 aromatic rings. The first-order valence-corrected chi connectivity index (χ1v) is 9.50. The highest BCUT2D eigenvalue weighted by Gasteiger charge is 2.23. The molecule has 0 unspecified atom stereocenters. The summed E-state index contributed by atoms with van der Waals surface area (Å²) in [5, 5.41) is 16.8. The highest BCUT2D eigenvalue weighted by Crippen LogP contribution is 2.35. The number of aromatic nitrogens is 3. The van der Waals surface area contributed by atoms with Crippen LogP contribution in [0.3, 0.4) is 0 Å². The van der Waals surface area contributed by atoms with Gasteiger partial charge in [-0.05, 0) is 44.0 Å². The summed E-state index contributed by atoms with van der Waals surface area (Å²) in [6.07, 6.45) is 4.71. The molecule has 1 fully saturated rings. The lowest BCUT2D eigenvalue weighted by molar-refractivity contribution is 0.102.